The number of aliphatic imine (C=N–C) groups is 7. The number of phenolic OH excluding ortho intramolecular Hbond substituents is 4. The van der Waals surface area contributed by atoms with E-state index in [1.165, 1.54) is 49.5 Å². The third-order valence-electron chi connectivity index (χ3n) is 21.6. The number of unbranched alkanes of at least 4 members (excludes halogenated alkanes) is 8. The van der Waals surface area contributed by atoms with Gasteiger partial charge in [0.15, 0.2) is 65.2 Å². The third-order valence-corrected chi connectivity index (χ3v) is 22.3. The Labute approximate surface area is 720 Å². The first-order valence-electron chi connectivity index (χ1n) is 39.7. The summed E-state index contributed by atoms with van der Waals surface area (Å²) in [5.74, 6) is -19.3. The molecule has 2 saturated heterocycles. The van der Waals surface area contributed by atoms with Crippen molar-refractivity contribution < 1.29 is 149 Å². The van der Waals surface area contributed by atoms with Crippen LogP contribution in [-0.2, 0) is 35.0 Å². The Kier molecular flexibility index (Phi) is 28.1. The topological polar surface area (TPSA) is 608 Å². The number of carbonyl (C=O) groups excluding carboxylic acids is 1. The fourth-order valence-corrected chi connectivity index (χ4v) is 15.5. The van der Waals surface area contributed by atoms with Crippen LogP contribution in [0.5, 0.6) is 69.0 Å². The van der Waals surface area contributed by atoms with Crippen molar-refractivity contribution in [1.82, 2.24) is 5.32 Å². The van der Waals surface area contributed by atoms with Crippen LogP contribution in [0.2, 0.25) is 10.0 Å². The summed E-state index contributed by atoms with van der Waals surface area (Å²) in [6.07, 6.45) is -13.9. The number of ether oxygens (including phenoxy) is 8. The van der Waals surface area contributed by atoms with Gasteiger partial charge >= 0.3 is 17.9 Å². The van der Waals surface area contributed by atoms with Gasteiger partial charge in [-0.05, 0) is 114 Å². The molecule has 8 aliphatic rings. The Hall–Kier alpha value is -12.3. The van der Waals surface area contributed by atoms with Crippen LogP contribution in [0.25, 0.3) is 11.1 Å². The lowest BCUT2D eigenvalue weighted by Gasteiger charge is -2.40. The first-order chi connectivity index (χ1) is 59.7. The molecule has 40 heteroatoms. The number of aliphatic hydroxyl groups is 13. The number of nitrogens with zero attached hydrogens (tertiary/aromatic N) is 7. The summed E-state index contributed by atoms with van der Waals surface area (Å²) in [6, 6.07) is 4.85. The number of phenols is 4. The van der Waals surface area contributed by atoms with Crippen LogP contribution in [0.3, 0.4) is 0 Å². The first kappa shape index (κ1) is 90.4. The summed E-state index contributed by atoms with van der Waals surface area (Å²) in [4.78, 5) is 70.2. The molecule has 8 heterocycles. The number of carbonyl (C=O) groups is 3. The molecule has 17 bridgehead atoms. The Morgan fingerprint density at radius 1 is 0.520 bits per heavy atom. The Balaban J connectivity index is 1.09. The molecule has 20 N–H and O–H groups in total. The number of aliphatic carboxylic acids is 2. The second-order valence-corrected chi connectivity index (χ2v) is 31.1. The van der Waals surface area contributed by atoms with E-state index in [9.17, 15) is 111 Å². The second kappa shape index (κ2) is 38.8. The highest BCUT2D eigenvalue weighted by Gasteiger charge is 2.51. The molecule has 2 fully saturated rings. The van der Waals surface area contributed by atoms with E-state index in [-0.39, 0.29) is 41.2 Å². The molecule has 125 heavy (non-hydrogen) atoms. The number of aromatic hydroxyl groups is 4. The van der Waals surface area contributed by atoms with Gasteiger partial charge in [-0.2, -0.15) is 0 Å². The molecule has 0 aliphatic carbocycles. The summed E-state index contributed by atoms with van der Waals surface area (Å²) in [5.41, 5.74) is -3.12. The number of halogens is 2. The first-order valence-corrected chi connectivity index (χ1v) is 40.4. The zero-order chi connectivity index (χ0) is 89.7. The molecular formula is C85H90Cl2N8O30. The lowest BCUT2D eigenvalue weighted by atomic mass is 9.90. The number of nitrogens with one attached hydrogen (secondary N) is 1. The lowest BCUT2D eigenvalue weighted by Crippen LogP contribution is -2.60. The van der Waals surface area contributed by atoms with Crippen molar-refractivity contribution in [3.63, 3.8) is 0 Å². The number of benzene rings is 7. The minimum absolute atomic E-state index is 0.0872. The van der Waals surface area contributed by atoms with E-state index in [1.807, 2.05) is 0 Å². The van der Waals surface area contributed by atoms with Crippen LogP contribution in [0.4, 0.5) is 0 Å². The molecule has 15 rings (SSSR count). The van der Waals surface area contributed by atoms with Gasteiger partial charge in [0.25, 0.3) is 0 Å². The zero-order valence-electron chi connectivity index (χ0n) is 66.7. The van der Waals surface area contributed by atoms with Crippen LogP contribution >= 0.6 is 23.2 Å². The van der Waals surface area contributed by atoms with Gasteiger partial charge in [0.05, 0.1) is 10.0 Å². The normalized spacial score (nSPS) is 26.2. The third kappa shape index (κ3) is 20.1. The van der Waals surface area contributed by atoms with Crippen LogP contribution in [0.1, 0.15) is 153 Å². The molecule has 0 aromatic heterocycles. The molecule has 7 aromatic carbocycles. The number of carboxylic acid groups (broad SMARTS) is 2. The molecule has 8 aliphatic heterocycles. The summed E-state index contributed by atoms with van der Waals surface area (Å²) < 4.78 is 49.4. The number of hydrogen-bond acceptors (Lipinski definition) is 29. The molecule has 0 saturated carbocycles. The van der Waals surface area contributed by atoms with Crippen molar-refractivity contribution in [2.45, 2.75) is 194 Å². The molecule has 664 valence electrons. The molecule has 0 amide bonds. The fraction of sp³-hybridized carbons (Fsp3) is 0.388. The maximum atomic E-state index is 13.9. The van der Waals surface area contributed by atoms with Gasteiger partial charge in [0.2, 0.25) is 53.7 Å². The Morgan fingerprint density at radius 3 is 1.83 bits per heavy atom. The summed E-state index contributed by atoms with van der Waals surface area (Å²) in [7, 11) is 1.45. The van der Waals surface area contributed by atoms with E-state index < -0.39 is 271 Å². The van der Waals surface area contributed by atoms with Gasteiger partial charge in [0, 0.05) is 54.2 Å². The lowest BCUT2D eigenvalue weighted by molar-refractivity contribution is -0.278. The Bertz CT molecular complexity index is 5440. The van der Waals surface area contributed by atoms with Crippen molar-refractivity contribution in [1.29, 1.82) is 0 Å². The number of rotatable bonds is 20. The maximum absolute atomic E-state index is 13.9. The highest BCUT2D eigenvalue weighted by Crippen LogP contribution is 2.52. The smallest absolute Gasteiger partial charge is 0.335 e. The van der Waals surface area contributed by atoms with Crippen molar-refractivity contribution in [2.75, 3.05) is 13.7 Å². The fourth-order valence-electron chi connectivity index (χ4n) is 15.1. The monoisotopic (exact) mass is 1770 g/mol. The average Bonchev–Trinajstić information content (AvgIpc) is 0.768. The van der Waals surface area contributed by atoms with Crippen LogP contribution in [0, 0.1) is 0 Å². The molecule has 0 spiro atoms. The number of hydrogen-bond donors (Lipinski definition) is 20. The molecule has 38 nitrogen and oxygen atoms in total. The number of carboxylic acids is 2. The van der Waals surface area contributed by atoms with Gasteiger partial charge in [-0.3, -0.25) is 4.79 Å². The van der Waals surface area contributed by atoms with Gasteiger partial charge < -0.3 is 140 Å². The van der Waals surface area contributed by atoms with E-state index in [4.69, 9.17) is 61.1 Å². The van der Waals surface area contributed by atoms with E-state index >= 15 is 0 Å². The highest BCUT2D eigenvalue weighted by atomic mass is 35.5. The SMILES string of the molecule is CCCCCCCCCCCC(O)=NC1C(Oc2c3cc4cc2Oc2ccc(cc2Cl)C(O)C2N=C(O)C(N=C(O)C4N=C(O)C4N=C(O)C(Cc5ccc(cc5)O3)N=C(O)C(NC)c3ccc(O)c(c3)Oc3cc(O)c(Cl)c4c3)c3ccc(O)c(c3)-c3c(OC4OC(COC(C)=O)C(O)C(O)C4O)cc(O)cc3C(C(=O)O)N=C2O)OC(C(=O)O)C(O)C1O. The number of fused-ring (bicyclic) bond motifs is 12. The van der Waals surface area contributed by atoms with Gasteiger partial charge in [-0.25, -0.2) is 44.5 Å². The Morgan fingerprint density at radius 2 is 1.15 bits per heavy atom. The predicted molar refractivity (Wildman–Crippen MR) is 447 cm³/mol. The summed E-state index contributed by atoms with van der Waals surface area (Å²) in [5, 5.41) is 229. The van der Waals surface area contributed by atoms with E-state index in [1.54, 1.807) is 0 Å². The van der Waals surface area contributed by atoms with Crippen LogP contribution in [0.15, 0.2) is 150 Å². The van der Waals surface area contributed by atoms with Crippen LogP contribution < -0.4 is 29.0 Å². The number of aliphatic hydroxyl groups excluding tert-OH is 13. The van der Waals surface area contributed by atoms with Crippen molar-refractivity contribution in [3.8, 4) is 80.1 Å². The summed E-state index contributed by atoms with van der Waals surface area (Å²) in [6.45, 7) is 2.38. The van der Waals surface area contributed by atoms with E-state index in [0.29, 0.717) is 18.4 Å². The van der Waals surface area contributed by atoms with Crippen molar-refractivity contribution in [3.05, 3.63) is 164 Å². The van der Waals surface area contributed by atoms with Gasteiger partial charge in [-0.15, -0.1) is 0 Å². The molecule has 0 radical (unpaired) electrons. The van der Waals surface area contributed by atoms with Gasteiger partial charge in [0.1, 0.15) is 108 Å². The van der Waals surface area contributed by atoms with Crippen molar-refractivity contribution >= 4 is 82.4 Å². The van der Waals surface area contributed by atoms with E-state index in [0.717, 1.165) is 125 Å². The zero-order valence-corrected chi connectivity index (χ0v) is 68.2. The minimum Gasteiger partial charge on any atom is -0.508 e. The predicted octanol–water partition coefficient (Wildman–Crippen LogP) is 10.8. The standard InChI is InChI=1S/C85H90Cl2N8O30/c1-4-5-6-7-8-9-10-11-12-13-58(101)90-67-70(104)72(106)75(83(116)117)125-84(67)124-74-55-28-40-29-56(74)121-52-23-18-39(26-47(52)86)68(102)66-81(113)94-65(82(114)115)45-30-41(97)31-54(122-85-73(107)71(105)69(103)57(123-85)34-118-35(2)96)59(45)44-25-37(16-21-49(44)98)62(78(110)95-66)91-79(111)63(40)92-80(112)64-46-32-43(33-51(100)60(46)87)120-53-27-38(17-22-50(53)99)61(88-3)77(109)89-48(76(108)93-64)24-36-14-19-42(119-55)20-15-36/h14-23,25-33,48,57,61-73,75,84-85,88,97-100,102-107H,4-13,24,34H2,1-3H3,(H,89,109)(H,90,101)(H,91,111)(H,92,112)(H,93,108)(H,94,113)(H,95,110)(H,114,115)(H,116,117). The van der Waals surface area contributed by atoms with Crippen molar-refractivity contribution in [2.24, 2.45) is 34.9 Å². The number of esters is 1. The van der Waals surface area contributed by atoms with E-state index in [2.05, 4.69) is 47.2 Å². The number of likely N-dealkylation sites (N-methyl/N-ethyl adjacent to an activating group) is 1. The quantitative estimate of drug-likeness (QED) is 0.0146. The maximum Gasteiger partial charge on any atom is 0.335 e. The minimum atomic E-state index is -2.51. The van der Waals surface area contributed by atoms with Gasteiger partial charge in [-0.1, -0.05) is 112 Å². The molecular weight excluding hydrogens is 1680 g/mol. The summed E-state index contributed by atoms with van der Waals surface area (Å²) >= 11 is 14.2. The average molecular weight is 1770 g/mol. The molecule has 18 atom stereocenters. The second-order valence-electron chi connectivity index (χ2n) is 30.4. The largest absolute Gasteiger partial charge is 0.508 e. The van der Waals surface area contributed by atoms with Crippen LogP contribution in [-0.4, -0.2) is 243 Å². The molecule has 18 unspecified atom stereocenters. The molecule has 7 aromatic rings. The highest BCUT2D eigenvalue weighted by molar-refractivity contribution is 6.33.